The number of hydrogen-bond donors (Lipinski definition) is 3. The highest BCUT2D eigenvalue weighted by Gasteiger charge is 2.26. The standard InChI is InChI=1S/C17H23FN2O3/c1-11(10-13-4-2-3-5-15(13)18)19-17(23)20-14-8-6-12(7-9-14)16(21)22/h2-5,11-12,14H,6-10H2,1H3,(H,21,22)(H2,19,20,23). The Hall–Kier alpha value is -2.11. The highest BCUT2D eigenvalue weighted by Crippen LogP contribution is 2.24. The van der Waals surface area contributed by atoms with E-state index in [-0.39, 0.29) is 29.8 Å². The summed E-state index contributed by atoms with van der Waals surface area (Å²) >= 11 is 0. The normalized spacial score (nSPS) is 22.2. The van der Waals surface area contributed by atoms with Gasteiger partial charge in [0, 0.05) is 12.1 Å². The number of amides is 2. The summed E-state index contributed by atoms with van der Waals surface area (Å²) in [5.41, 5.74) is 0.572. The van der Waals surface area contributed by atoms with Gasteiger partial charge in [-0.15, -0.1) is 0 Å². The molecule has 23 heavy (non-hydrogen) atoms. The van der Waals surface area contributed by atoms with Gasteiger partial charge in [0.15, 0.2) is 0 Å². The molecule has 1 aromatic rings. The number of carboxylic acids is 1. The minimum absolute atomic E-state index is 0.00580. The van der Waals surface area contributed by atoms with Crippen LogP contribution in [0.2, 0.25) is 0 Å². The van der Waals surface area contributed by atoms with Crippen LogP contribution in [0.25, 0.3) is 0 Å². The van der Waals surface area contributed by atoms with E-state index in [9.17, 15) is 14.0 Å². The fourth-order valence-corrected chi connectivity index (χ4v) is 2.98. The first-order valence-corrected chi connectivity index (χ1v) is 7.99. The van der Waals surface area contributed by atoms with Crippen LogP contribution < -0.4 is 10.6 Å². The molecule has 6 heteroatoms. The van der Waals surface area contributed by atoms with Gasteiger partial charge in [-0.3, -0.25) is 4.79 Å². The predicted molar refractivity (Wildman–Crippen MR) is 84.6 cm³/mol. The van der Waals surface area contributed by atoms with Crippen molar-refractivity contribution in [3.8, 4) is 0 Å². The number of benzene rings is 1. The Morgan fingerprint density at radius 2 is 1.91 bits per heavy atom. The van der Waals surface area contributed by atoms with E-state index in [1.54, 1.807) is 18.2 Å². The molecule has 2 amide bonds. The average molecular weight is 322 g/mol. The quantitative estimate of drug-likeness (QED) is 0.780. The van der Waals surface area contributed by atoms with E-state index in [4.69, 9.17) is 5.11 Å². The Labute approximate surface area is 135 Å². The average Bonchev–Trinajstić information content (AvgIpc) is 2.50. The lowest BCUT2D eigenvalue weighted by Crippen LogP contribution is -2.47. The Morgan fingerprint density at radius 1 is 1.26 bits per heavy atom. The van der Waals surface area contributed by atoms with Gasteiger partial charge in [-0.2, -0.15) is 0 Å². The molecular weight excluding hydrogens is 299 g/mol. The third-order valence-electron chi connectivity index (χ3n) is 4.27. The number of halogens is 1. The van der Waals surface area contributed by atoms with E-state index in [0.29, 0.717) is 37.7 Å². The summed E-state index contributed by atoms with van der Waals surface area (Å²) in [6.45, 7) is 1.83. The van der Waals surface area contributed by atoms with Gasteiger partial charge in [-0.25, -0.2) is 9.18 Å². The molecule has 126 valence electrons. The van der Waals surface area contributed by atoms with E-state index in [1.165, 1.54) is 6.07 Å². The molecule has 0 bridgehead atoms. The van der Waals surface area contributed by atoms with Crippen LogP contribution in [0.1, 0.15) is 38.2 Å². The van der Waals surface area contributed by atoms with Crippen molar-refractivity contribution in [1.29, 1.82) is 0 Å². The van der Waals surface area contributed by atoms with Gasteiger partial charge in [0.25, 0.3) is 0 Å². The topological polar surface area (TPSA) is 78.4 Å². The van der Waals surface area contributed by atoms with Crippen LogP contribution in [0.4, 0.5) is 9.18 Å². The Balaban J connectivity index is 1.74. The molecule has 0 heterocycles. The minimum Gasteiger partial charge on any atom is -0.481 e. The van der Waals surface area contributed by atoms with Crippen LogP contribution in [0, 0.1) is 11.7 Å². The van der Waals surface area contributed by atoms with Gasteiger partial charge in [0.1, 0.15) is 5.82 Å². The van der Waals surface area contributed by atoms with Gasteiger partial charge >= 0.3 is 12.0 Å². The molecule has 1 saturated carbocycles. The molecule has 0 saturated heterocycles. The molecule has 1 aromatic carbocycles. The number of urea groups is 1. The van der Waals surface area contributed by atoms with Gasteiger partial charge in [0.05, 0.1) is 5.92 Å². The van der Waals surface area contributed by atoms with Gasteiger partial charge < -0.3 is 15.7 Å². The van der Waals surface area contributed by atoms with E-state index >= 15 is 0 Å². The first-order valence-electron chi connectivity index (χ1n) is 7.99. The van der Waals surface area contributed by atoms with E-state index < -0.39 is 5.97 Å². The second-order valence-corrected chi connectivity index (χ2v) is 6.20. The predicted octanol–water partition coefficient (Wildman–Crippen LogP) is 2.70. The van der Waals surface area contributed by atoms with E-state index in [0.717, 1.165) is 0 Å². The van der Waals surface area contributed by atoms with Gasteiger partial charge in [-0.1, -0.05) is 18.2 Å². The van der Waals surface area contributed by atoms with Crippen LogP contribution in [0.5, 0.6) is 0 Å². The first kappa shape index (κ1) is 17.2. The van der Waals surface area contributed by atoms with Crippen LogP contribution in [0.3, 0.4) is 0 Å². The van der Waals surface area contributed by atoms with Crippen LogP contribution >= 0.6 is 0 Å². The maximum atomic E-state index is 13.6. The molecule has 0 spiro atoms. The number of hydrogen-bond acceptors (Lipinski definition) is 2. The SMILES string of the molecule is CC(Cc1ccccc1F)NC(=O)NC1CCC(C(=O)O)CC1. The summed E-state index contributed by atoms with van der Waals surface area (Å²) in [6.07, 6.45) is 2.94. The monoisotopic (exact) mass is 322 g/mol. The van der Waals surface area contributed by atoms with Gasteiger partial charge in [0.2, 0.25) is 0 Å². The third kappa shape index (κ3) is 5.23. The maximum absolute atomic E-state index is 13.6. The van der Waals surface area contributed by atoms with Crippen molar-refractivity contribution in [3.63, 3.8) is 0 Å². The summed E-state index contributed by atoms with van der Waals surface area (Å²) in [4.78, 5) is 22.9. The Kier molecular flexibility index (Phi) is 5.96. The number of aliphatic carboxylic acids is 1. The molecule has 1 aliphatic rings. The maximum Gasteiger partial charge on any atom is 0.315 e. The smallest absolute Gasteiger partial charge is 0.315 e. The summed E-state index contributed by atoms with van der Waals surface area (Å²) in [6, 6.07) is 6.05. The molecule has 0 aromatic heterocycles. The van der Waals surface area contributed by atoms with Crippen molar-refractivity contribution in [3.05, 3.63) is 35.6 Å². The van der Waals surface area contributed by atoms with Gasteiger partial charge in [-0.05, 0) is 50.7 Å². The van der Waals surface area contributed by atoms with Crippen LogP contribution in [-0.2, 0) is 11.2 Å². The third-order valence-corrected chi connectivity index (χ3v) is 4.27. The van der Waals surface area contributed by atoms with Crippen LogP contribution in [0.15, 0.2) is 24.3 Å². The van der Waals surface area contributed by atoms with E-state index in [1.807, 2.05) is 6.92 Å². The zero-order valence-electron chi connectivity index (χ0n) is 13.2. The Bertz CT molecular complexity index is 557. The van der Waals surface area contributed by atoms with Crippen molar-refractivity contribution in [1.82, 2.24) is 10.6 Å². The summed E-state index contributed by atoms with van der Waals surface area (Å²) in [5.74, 6) is -1.32. The fourth-order valence-electron chi connectivity index (χ4n) is 2.98. The van der Waals surface area contributed by atoms with Crippen molar-refractivity contribution >= 4 is 12.0 Å². The second-order valence-electron chi connectivity index (χ2n) is 6.20. The fraction of sp³-hybridized carbons (Fsp3) is 0.529. The molecular formula is C17H23FN2O3. The molecule has 1 aliphatic carbocycles. The molecule has 1 atom stereocenters. The zero-order chi connectivity index (χ0) is 16.8. The number of rotatable bonds is 5. The number of carbonyl (C=O) groups is 2. The first-order chi connectivity index (χ1) is 11.0. The molecule has 3 N–H and O–H groups in total. The highest BCUT2D eigenvalue weighted by molar-refractivity contribution is 5.74. The molecule has 5 nitrogen and oxygen atoms in total. The van der Waals surface area contributed by atoms with Crippen molar-refractivity contribution in [2.45, 2.75) is 51.1 Å². The van der Waals surface area contributed by atoms with Crippen molar-refractivity contribution in [2.75, 3.05) is 0 Å². The number of carboxylic acid groups (broad SMARTS) is 1. The van der Waals surface area contributed by atoms with Crippen LogP contribution in [-0.4, -0.2) is 29.2 Å². The lowest BCUT2D eigenvalue weighted by atomic mass is 9.86. The molecule has 1 unspecified atom stereocenters. The van der Waals surface area contributed by atoms with Crippen molar-refractivity contribution < 1.29 is 19.1 Å². The summed E-state index contributed by atoms with van der Waals surface area (Å²) in [5, 5.41) is 14.6. The summed E-state index contributed by atoms with van der Waals surface area (Å²) in [7, 11) is 0. The van der Waals surface area contributed by atoms with Crippen molar-refractivity contribution in [2.24, 2.45) is 5.92 Å². The largest absolute Gasteiger partial charge is 0.481 e. The summed E-state index contributed by atoms with van der Waals surface area (Å²) < 4.78 is 13.6. The molecule has 0 radical (unpaired) electrons. The second kappa shape index (κ2) is 7.94. The molecule has 0 aliphatic heterocycles. The molecule has 1 fully saturated rings. The molecule has 2 rings (SSSR count). The highest BCUT2D eigenvalue weighted by atomic mass is 19.1. The minimum atomic E-state index is -0.758. The van der Waals surface area contributed by atoms with E-state index in [2.05, 4.69) is 10.6 Å². The zero-order valence-corrected chi connectivity index (χ0v) is 13.2. The number of carbonyl (C=O) groups excluding carboxylic acids is 1. The number of nitrogens with one attached hydrogen (secondary N) is 2. The Morgan fingerprint density at radius 3 is 2.52 bits per heavy atom. The lowest BCUT2D eigenvalue weighted by Gasteiger charge is -2.27. The lowest BCUT2D eigenvalue weighted by molar-refractivity contribution is -0.142.